The summed E-state index contributed by atoms with van der Waals surface area (Å²) in [7, 11) is 0. The van der Waals surface area contributed by atoms with E-state index in [0.717, 1.165) is 54.7 Å². The molecule has 2 fully saturated rings. The van der Waals surface area contributed by atoms with Crippen LogP contribution in [0.25, 0.3) is 11.1 Å². The van der Waals surface area contributed by atoms with Crippen molar-refractivity contribution in [1.82, 2.24) is 5.32 Å². The fraction of sp³-hybridized carbons (Fsp3) is 0.559. The van der Waals surface area contributed by atoms with Gasteiger partial charge in [0.25, 0.3) is 0 Å². The van der Waals surface area contributed by atoms with Gasteiger partial charge in [-0.05, 0) is 116 Å². The minimum atomic E-state index is -0.106. The molecule has 37 heavy (non-hydrogen) atoms. The first-order valence-corrected chi connectivity index (χ1v) is 14.9. The lowest BCUT2D eigenvalue weighted by atomic mass is 9.76. The quantitative estimate of drug-likeness (QED) is 0.240. The van der Waals surface area contributed by atoms with Crippen LogP contribution in [0.4, 0.5) is 4.39 Å². The van der Waals surface area contributed by atoms with Gasteiger partial charge in [-0.1, -0.05) is 75.6 Å². The van der Waals surface area contributed by atoms with Crippen molar-refractivity contribution in [1.29, 1.82) is 0 Å². The summed E-state index contributed by atoms with van der Waals surface area (Å²) in [5.74, 6) is 2.36. The molecule has 200 valence electrons. The van der Waals surface area contributed by atoms with Crippen molar-refractivity contribution in [3.63, 3.8) is 0 Å². The number of halogens is 1. The van der Waals surface area contributed by atoms with E-state index in [1.54, 1.807) is 6.07 Å². The van der Waals surface area contributed by atoms with Crippen LogP contribution < -0.4 is 5.32 Å². The highest BCUT2D eigenvalue weighted by Crippen LogP contribution is 2.40. The van der Waals surface area contributed by atoms with E-state index in [1.165, 1.54) is 63.0 Å². The zero-order chi connectivity index (χ0) is 26.0. The number of hydrogen-bond acceptors (Lipinski definition) is 1. The van der Waals surface area contributed by atoms with Gasteiger partial charge in [-0.3, -0.25) is 4.79 Å². The van der Waals surface area contributed by atoms with Crippen LogP contribution >= 0.6 is 0 Å². The number of nitrogens with one attached hydrogen (secondary N) is 1. The summed E-state index contributed by atoms with van der Waals surface area (Å²) < 4.78 is 15.2. The van der Waals surface area contributed by atoms with Gasteiger partial charge in [0.1, 0.15) is 5.82 Å². The Kier molecular flexibility index (Phi) is 10.4. The molecule has 4 rings (SSSR count). The molecule has 2 aliphatic rings. The van der Waals surface area contributed by atoms with E-state index < -0.39 is 0 Å². The number of amides is 1. The highest BCUT2D eigenvalue weighted by Gasteiger charge is 2.25. The SMILES string of the molecule is C=CC(=O)NCCC1CCC(c2ccc(-c3ccc(C4CCC(CCCCC)CC4)cc3)cc2F)CC1. The topological polar surface area (TPSA) is 29.1 Å². The maximum atomic E-state index is 15.2. The van der Waals surface area contributed by atoms with Crippen molar-refractivity contribution in [2.45, 2.75) is 102 Å². The molecule has 1 N–H and O–H groups in total. The predicted molar refractivity (Wildman–Crippen MR) is 153 cm³/mol. The van der Waals surface area contributed by atoms with Crippen molar-refractivity contribution in [3.8, 4) is 11.1 Å². The molecule has 2 nitrogen and oxygen atoms in total. The van der Waals surface area contributed by atoms with Crippen molar-refractivity contribution in [2.24, 2.45) is 11.8 Å². The standard InChI is InChI=1S/C34H46FNO/c1-3-5-6-7-25-8-12-27(13-9-25)28-16-18-29(19-17-28)31-20-21-32(33(35)24-31)30-14-10-26(11-15-30)22-23-36-34(37)4-2/h4,16-21,24-27,30H,2-3,5-15,22-23H2,1H3,(H,36,37). The van der Waals surface area contributed by atoms with Crippen LogP contribution in [0.1, 0.15) is 113 Å². The molecule has 3 heteroatoms. The monoisotopic (exact) mass is 503 g/mol. The summed E-state index contributed by atoms with van der Waals surface area (Å²) in [6.07, 6.45) is 17.4. The van der Waals surface area contributed by atoms with Gasteiger partial charge in [0, 0.05) is 6.54 Å². The van der Waals surface area contributed by atoms with Gasteiger partial charge in [0.05, 0.1) is 0 Å². The van der Waals surface area contributed by atoms with E-state index in [9.17, 15) is 4.79 Å². The van der Waals surface area contributed by atoms with Gasteiger partial charge >= 0.3 is 0 Å². The third-order valence-electron chi connectivity index (χ3n) is 9.10. The van der Waals surface area contributed by atoms with Crippen molar-refractivity contribution < 1.29 is 9.18 Å². The van der Waals surface area contributed by atoms with Crippen LogP contribution in [0.3, 0.4) is 0 Å². The number of unbranched alkanes of at least 4 members (excludes halogenated alkanes) is 2. The summed E-state index contributed by atoms with van der Waals surface area (Å²) in [6.45, 7) is 6.47. The molecule has 2 aromatic carbocycles. The van der Waals surface area contributed by atoms with E-state index >= 15 is 4.39 Å². The second-order valence-electron chi connectivity index (χ2n) is 11.6. The summed E-state index contributed by atoms with van der Waals surface area (Å²) in [5.41, 5.74) is 4.40. The number of benzene rings is 2. The zero-order valence-corrected chi connectivity index (χ0v) is 22.8. The van der Waals surface area contributed by atoms with E-state index in [1.807, 2.05) is 6.07 Å². The predicted octanol–water partition coefficient (Wildman–Crippen LogP) is 9.31. The molecule has 0 radical (unpaired) electrons. The lowest BCUT2D eigenvalue weighted by molar-refractivity contribution is -0.116. The van der Waals surface area contributed by atoms with Crippen LogP contribution in [0.15, 0.2) is 55.1 Å². The minimum absolute atomic E-state index is 0.0651. The smallest absolute Gasteiger partial charge is 0.243 e. The molecule has 0 saturated heterocycles. The van der Waals surface area contributed by atoms with E-state index in [-0.39, 0.29) is 11.7 Å². The Hall–Kier alpha value is -2.42. The van der Waals surface area contributed by atoms with E-state index in [2.05, 4.69) is 49.2 Å². The molecule has 2 aliphatic carbocycles. The van der Waals surface area contributed by atoms with Gasteiger partial charge in [0.15, 0.2) is 0 Å². The Bertz CT molecular complexity index is 997. The maximum Gasteiger partial charge on any atom is 0.243 e. The molecule has 2 saturated carbocycles. The molecule has 0 unspecified atom stereocenters. The zero-order valence-electron chi connectivity index (χ0n) is 22.8. The maximum absolute atomic E-state index is 15.2. The summed E-state index contributed by atoms with van der Waals surface area (Å²) in [6, 6.07) is 14.8. The molecular weight excluding hydrogens is 457 g/mol. The lowest BCUT2D eigenvalue weighted by Crippen LogP contribution is -2.25. The first kappa shape index (κ1) is 27.6. The van der Waals surface area contributed by atoms with Crippen LogP contribution in [-0.4, -0.2) is 12.5 Å². The third kappa shape index (κ3) is 7.79. The van der Waals surface area contributed by atoms with E-state index in [4.69, 9.17) is 0 Å². The van der Waals surface area contributed by atoms with Crippen LogP contribution in [0.5, 0.6) is 0 Å². The van der Waals surface area contributed by atoms with Crippen LogP contribution in [0.2, 0.25) is 0 Å². The van der Waals surface area contributed by atoms with Crippen molar-refractivity contribution in [2.75, 3.05) is 6.54 Å². The highest BCUT2D eigenvalue weighted by molar-refractivity contribution is 5.86. The van der Waals surface area contributed by atoms with Gasteiger partial charge in [-0.15, -0.1) is 0 Å². The second-order valence-corrected chi connectivity index (χ2v) is 11.6. The Morgan fingerprint density at radius 2 is 1.49 bits per heavy atom. The number of hydrogen-bond donors (Lipinski definition) is 1. The Labute approximate surface area is 224 Å². The fourth-order valence-electron chi connectivity index (χ4n) is 6.69. The first-order chi connectivity index (χ1) is 18.1. The second kappa shape index (κ2) is 13.9. The molecule has 0 atom stereocenters. The van der Waals surface area contributed by atoms with Crippen LogP contribution in [-0.2, 0) is 4.79 Å². The Morgan fingerprint density at radius 1 is 0.865 bits per heavy atom. The minimum Gasteiger partial charge on any atom is -0.353 e. The Morgan fingerprint density at radius 3 is 2.11 bits per heavy atom. The van der Waals surface area contributed by atoms with Crippen molar-refractivity contribution >= 4 is 5.91 Å². The molecule has 0 bridgehead atoms. The van der Waals surface area contributed by atoms with Gasteiger partial charge in [0.2, 0.25) is 5.91 Å². The largest absolute Gasteiger partial charge is 0.353 e. The summed E-state index contributed by atoms with van der Waals surface area (Å²) in [4.78, 5) is 11.3. The Balaban J connectivity index is 1.27. The van der Waals surface area contributed by atoms with Gasteiger partial charge in [-0.2, -0.15) is 0 Å². The van der Waals surface area contributed by atoms with Gasteiger partial charge in [-0.25, -0.2) is 4.39 Å². The molecule has 0 spiro atoms. The van der Waals surface area contributed by atoms with Gasteiger partial charge < -0.3 is 5.32 Å². The lowest BCUT2D eigenvalue weighted by Gasteiger charge is -2.29. The third-order valence-corrected chi connectivity index (χ3v) is 9.10. The molecule has 1 amide bonds. The highest BCUT2D eigenvalue weighted by atomic mass is 19.1. The van der Waals surface area contributed by atoms with E-state index in [0.29, 0.717) is 24.3 Å². The fourth-order valence-corrected chi connectivity index (χ4v) is 6.69. The molecule has 0 heterocycles. The summed E-state index contributed by atoms with van der Waals surface area (Å²) >= 11 is 0. The van der Waals surface area contributed by atoms with Crippen LogP contribution in [0, 0.1) is 17.7 Å². The number of rotatable bonds is 11. The molecular formula is C34H46FNO. The number of carbonyl (C=O) groups is 1. The molecule has 0 aromatic heterocycles. The average molecular weight is 504 g/mol. The average Bonchev–Trinajstić information content (AvgIpc) is 2.94. The molecule has 0 aliphatic heterocycles. The first-order valence-electron chi connectivity index (χ1n) is 14.9. The number of carbonyl (C=O) groups excluding carboxylic acids is 1. The molecule has 2 aromatic rings. The van der Waals surface area contributed by atoms with Crippen molar-refractivity contribution in [3.05, 3.63) is 72.1 Å². The normalized spacial score (nSPS) is 23.9. The summed E-state index contributed by atoms with van der Waals surface area (Å²) in [5, 5.41) is 2.87.